The first-order chi connectivity index (χ1) is 13.6. The molecule has 1 aromatic carbocycles. The first-order valence-corrected chi connectivity index (χ1v) is 10.6. The lowest BCUT2D eigenvalue weighted by Crippen LogP contribution is -2.26. The average Bonchev–Trinajstić information content (AvgIpc) is 3.25. The van der Waals surface area contributed by atoms with Crippen LogP contribution in [0.25, 0.3) is 21.9 Å². The topological polar surface area (TPSA) is 65.7 Å². The monoisotopic (exact) mass is 413 g/mol. The van der Waals surface area contributed by atoms with Crippen LogP contribution in [0.1, 0.15) is 41.6 Å². The van der Waals surface area contributed by atoms with E-state index in [0.29, 0.717) is 17.5 Å². The highest BCUT2D eigenvalue weighted by Crippen LogP contribution is 2.35. The minimum atomic E-state index is 0.226. The van der Waals surface area contributed by atoms with Crippen LogP contribution in [0.2, 0.25) is 5.02 Å². The second kappa shape index (κ2) is 7.06. The van der Waals surface area contributed by atoms with Gasteiger partial charge in [-0.25, -0.2) is 4.98 Å². The number of pyridine rings is 1. The van der Waals surface area contributed by atoms with Crippen LogP contribution < -0.4 is 0 Å². The second-order valence-electron chi connectivity index (χ2n) is 7.30. The number of benzene rings is 1. The minimum Gasteiger partial charge on any atom is -0.378 e. The highest BCUT2D eigenvalue weighted by molar-refractivity contribution is 7.11. The van der Waals surface area contributed by atoms with E-state index in [9.17, 15) is 0 Å². The molecule has 1 aliphatic heterocycles. The van der Waals surface area contributed by atoms with Crippen LogP contribution in [0.3, 0.4) is 0 Å². The Kier molecular flexibility index (Phi) is 4.53. The van der Waals surface area contributed by atoms with E-state index < -0.39 is 0 Å². The predicted octanol–water partition coefficient (Wildman–Crippen LogP) is 4.73. The van der Waals surface area contributed by atoms with Crippen molar-refractivity contribution in [3.8, 4) is 0 Å². The summed E-state index contributed by atoms with van der Waals surface area (Å²) in [5.74, 6) is 1.000. The molecular weight excluding hydrogens is 394 g/mol. The van der Waals surface area contributed by atoms with Gasteiger partial charge in [0.25, 0.3) is 0 Å². The third-order valence-corrected chi connectivity index (χ3v) is 6.32. The van der Waals surface area contributed by atoms with E-state index in [-0.39, 0.29) is 6.10 Å². The number of fused-ring (bicyclic) bond motifs is 3. The Morgan fingerprint density at radius 1 is 1.29 bits per heavy atom. The number of nitrogens with zero attached hydrogens (tertiary/aromatic N) is 5. The Labute approximate surface area is 171 Å². The number of hydrogen-bond donors (Lipinski definition) is 0. The number of halogens is 1. The van der Waals surface area contributed by atoms with Crippen molar-refractivity contribution in [2.24, 2.45) is 0 Å². The molecule has 1 saturated heterocycles. The van der Waals surface area contributed by atoms with Gasteiger partial charge in [0, 0.05) is 23.1 Å². The average molecular weight is 414 g/mol. The maximum absolute atomic E-state index is 6.33. The largest absolute Gasteiger partial charge is 0.378 e. The third kappa shape index (κ3) is 3.17. The maximum atomic E-state index is 6.33. The molecule has 4 aromatic rings. The lowest BCUT2D eigenvalue weighted by atomic mass is 10.0. The highest BCUT2D eigenvalue weighted by Gasteiger charge is 2.26. The van der Waals surface area contributed by atoms with Gasteiger partial charge in [-0.3, -0.25) is 4.98 Å². The fraction of sp³-hybridized carbons (Fsp3) is 0.400. The Morgan fingerprint density at radius 3 is 2.96 bits per heavy atom. The molecule has 4 heterocycles. The number of rotatable bonds is 3. The molecule has 5 rings (SSSR count). The van der Waals surface area contributed by atoms with Crippen molar-refractivity contribution in [3.63, 3.8) is 0 Å². The molecule has 0 N–H and O–H groups in total. The van der Waals surface area contributed by atoms with Crippen LogP contribution in [0, 0.1) is 6.92 Å². The molecule has 0 amide bonds. The lowest BCUT2D eigenvalue weighted by Gasteiger charge is -2.30. The summed E-state index contributed by atoms with van der Waals surface area (Å²) in [5, 5.41) is 12.2. The number of ether oxygens (including phenoxy) is 1. The summed E-state index contributed by atoms with van der Waals surface area (Å²) in [6.45, 7) is 4.87. The van der Waals surface area contributed by atoms with Crippen molar-refractivity contribution in [2.45, 2.75) is 45.3 Å². The van der Waals surface area contributed by atoms with Crippen LogP contribution in [0.4, 0.5) is 0 Å². The Balaban J connectivity index is 1.74. The number of aromatic nitrogens is 5. The molecule has 0 unspecified atom stereocenters. The molecule has 6 nitrogen and oxygen atoms in total. The zero-order valence-electron chi connectivity index (χ0n) is 15.7. The van der Waals surface area contributed by atoms with Crippen molar-refractivity contribution in [3.05, 3.63) is 45.3 Å². The molecule has 0 aliphatic carbocycles. The van der Waals surface area contributed by atoms with E-state index in [1.54, 1.807) is 11.3 Å². The summed E-state index contributed by atoms with van der Waals surface area (Å²) in [4.78, 5) is 9.54. The third-order valence-electron chi connectivity index (χ3n) is 5.25. The zero-order valence-corrected chi connectivity index (χ0v) is 17.3. The Morgan fingerprint density at radius 2 is 2.18 bits per heavy atom. The van der Waals surface area contributed by atoms with Crippen LogP contribution in [-0.4, -0.2) is 37.4 Å². The predicted molar refractivity (Wildman–Crippen MR) is 111 cm³/mol. The van der Waals surface area contributed by atoms with Crippen LogP contribution >= 0.6 is 22.9 Å². The second-order valence-corrected chi connectivity index (χ2v) is 9.01. The van der Waals surface area contributed by atoms with Gasteiger partial charge in [-0.05, 0) is 44.9 Å². The van der Waals surface area contributed by atoms with Gasteiger partial charge in [-0.2, -0.15) is 0 Å². The van der Waals surface area contributed by atoms with Gasteiger partial charge in [0.15, 0.2) is 0 Å². The van der Waals surface area contributed by atoms with Gasteiger partial charge in [0.1, 0.15) is 21.4 Å². The van der Waals surface area contributed by atoms with E-state index >= 15 is 0 Å². The summed E-state index contributed by atoms with van der Waals surface area (Å²) in [6.07, 6.45) is 4.66. The molecular formula is C20H20ClN5OS. The lowest BCUT2D eigenvalue weighted by molar-refractivity contribution is 0.00631. The summed E-state index contributed by atoms with van der Waals surface area (Å²) in [7, 11) is 0. The number of hydrogen-bond acceptors (Lipinski definition) is 6. The zero-order chi connectivity index (χ0) is 19.3. The first kappa shape index (κ1) is 18.0. The Hall–Kier alpha value is -2.09. The fourth-order valence-electron chi connectivity index (χ4n) is 4.07. The summed E-state index contributed by atoms with van der Waals surface area (Å²) < 4.78 is 8.18. The maximum Gasteiger partial charge on any atom is 0.124 e. The molecule has 144 valence electrons. The van der Waals surface area contributed by atoms with E-state index in [2.05, 4.69) is 26.7 Å². The molecule has 1 aliphatic rings. The molecule has 0 bridgehead atoms. The molecule has 1 fully saturated rings. The molecule has 8 heteroatoms. The molecule has 3 aromatic heterocycles. The molecule has 0 saturated carbocycles. The minimum absolute atomic E-state index is 0.226. The quantitative estimate of drug-likeness (QED) is 0.485. The number of imidazole rings is 1. The smallest absolute Gasteiger partial charge is 0.124 e. The standard InChI is InChI=1S/C20H20ClN5OS/c1-11-7-14(5-6-27-11)26-18(9-19-25-24-12(2)28-19)23-17-10-22-16-4-3-13(21)8-15(16)20(17)26/h3-4,8,10-11,14H,5-7,9H2,1-2H3/t11-,14-/m1/s1. The van der Waals surface area contributed by atoms with E-state index in [1.807, 2.05) is 31.3 Å². The van der Waals surface area contributed by atoms with Crippen molar-refractivity contribution >= 4 is 44.9 Å². The normalized spacial score (nSPS) is 20.2. The van der Waals surface area contributed by atoms with Crippen molar-refractivity contribution < 1.29 is 4.74 Å². The molecule has 0 radical (unpaired) electrons. The van der Waals surface area contributed by atoms with Gasteiger partial charge >= 0.3 is 0 Å². The van der Waals surface area contributed by atoms with Gasteiger partial charge in [-0.15, -0.1) is 21.5 Å². The van der Waals surface area contributed by atoms with Gasteiger partial charge in [0.05, 0.1) is 29.8 Å². The first-order valence-electron chi connectivity index (χ1n) is 9.44. The number of aryl methyl sites for hydroxylation is 1. The van der Waals surface area contributed by atoms with Crippen molar-refractivity contribution in [1.29, 1.82) is 0 Å². The van der Waals surface area contributed by atoms with E-state index in [0.717, 1.165) is 57.2 Å². The van der Waals surface area contributed by atoms with Crippen molar-refractivity contribution in [1.82, 2.24) is 24.7 Å². The molecule has 0 spiro atoms. The van der Waals surface area contributed by atoms with Crippen LogP contribution in [0.5, 0.6) is 0 Å². The summed E-state index contributed by atoms with van der Waals surface area (Å²) in [6, 6.07) is 6.16. The van der Waals surface area contributed by atoms with E-state index in [4.69, 9.17) is 21.3 Å². The highest BCUT2D eigenvalue weighted by atomic mass is 35.5. The van der Waals surface area contributed by atoms with Gasteiger partial charge < -0.3 is 9.30 Å². The van der Waals surface area contributed by atoms with Gasteiger partial charge in [0.2, 0.25) is 0 Å². The van der Waals surface area contributed by atoms with Crippen molar-refractivity contribution in [2.75, 3.05) is 6.61 Å². The summed E-state index contributed by atoms with van der Waals surface area (Å²) >= 11 is 7.94. The van der Waals surface area contributed by atoms with Crippen LogP contribution in [0.15, 0.2) is 24.4 Å². The van der Waals surface area contributed by atoms with E-state index in [1.165, 1.54) is 0 Å². The van der Waals surface area contributed by atoms with Gasteiger partial charge in [-0.1, -0.05) is 11.6 Å². The SMILES string of the molecule is Cc1nnc(Cc2nc3cnc4ccc(Cl)cc4c3n2[C@@H]2CCO[C@H](C)C2)s1. The fourth-order valence-corrected chi connectivity index (χ4v) is 4.95. The molecule has 2 atom stereocenters. The van der Waals surface area contributed by atoms with Crippen LogP contribution in [-0.2, 0) is 11.2 Å². The summed E-state index contributed by atoms with van der Waals surface area (Å²) in [5.41, 5.74) is 2.92. The Bertz CT molecular complexity index is 1170. The molecule has 28 heavy (non-hydrogen) atoms.